The van der Waals surface area contributed by atoms with Crippen molar-refractivity contribution in [3.8, 4) is 5.75 Å². The molecule has 0 aliphatic carbocycles. The summed E-state index contributed by atoms with van der Waals surface area (Å²) in [6, 6.07) is 3.07. The molecule has 9 nitrogen and oxygen atoms in total. The van der Waals surface area contributed by atoms with Crippen molar-refractivity contribution in [2.75, 3.05) is 25.5 Å². The van der Waals surface area contributed by atoms with Gasteiger partial charge in [0, 0.05) is 6.92 Å². The zero-order valence-corrected chi connectivity index (χ0v) is 14.6. The van der Waals surface area contributed by atoms with Crippen LogP contribution < -0.4 is 4.74 Å². The second kappa shape index (κ2) is 8.47. The molecule has 1 aromatic rings. The van der Waals surface area contributed by atoms with Gasteiger partial charge in [-0.1, -0.05) is 11.8 Å². The van der Waals surface area contributed by atoms with Gasteiger partial charge >= 0.3 is 11.8 Å². The Morgan fingerprint density at radius 3 is 2.96 bits per heavy atom. The van der Waals surface area contributed by atoms with Gasteiger partial charge in [0.1, 0.15) is 12.3 Å². The standard InChI is InChI=1S/C15H17N3O6S/c1-3-23-14(20)8-13-17(12(19)9-25-13)6-7-24-11-5-4-10(2)16-15(11)18(21)22/h4-5,8H,3,6-7,9H2,1-2H3/b13-8-. The van der Waals surface area contributed by atoms with Crippen LogP contribution in [0.25, 0.3) is 0 Å². The fraction of sp³-hybridized carbons (Fsp3) is 0.400. The average molecular weight is 367 g/mol. The van der Waals surface area contributed by atoms with Crippen molar-refractivity contribution in [2.45, 2.75) is 13.8 Å². The second-order valence-corrected chi connectivity index (χ2v) is 5.94. The highest BCUT2D eigenvalue weighted by atomic mass is 32.2. The molecular weight excluding hydrogens is 350 g/mol. The summed E-state index contributed by atoms with van der Waals surface area (Å²) in [5.74, 6) is -0.808. The van der Waals surface area contributed by atoms with E-state index in [0.717, 1.165) is 0 Å². The summed E-state index contributed by atoms with van der Waals surface area (Å²) >= 11 is 1.23. The van der Waals surface area contributed by atoms with Gasteiger partial charge in [-0.2, -0.15) is 0 Å². The maximum Gasteiger partial charge on any atom is 0.406 e. The first-order valence-electron chi connectivity index (χ1n) is 7.48. The Balaban J connectivity index is 2.01. The summed E-state index contributed by atoms with van der Waals surface area (Å²) < 4.78 is 10.2. The third-order valence-electron chi connectivity index (χ3n) is 3.16. The lowest BCUT2D eigenvalue weighted by molar-refractivity contribution is -0.390. The number of aryl methyl sites for hydroxylation is 1. The molecule has 0 spiro atoms. The van der Waals surface area contributed by atoms with E-state index < -0.39 is 10.9 Å². The number of hydrogen-bond donors (Lipinski definition) is 0. The minimum absolute atomic E-state index is 0.0258. The number of carbonyl (C=O) groups is 2. The van der Waals surface area contributed by atoms with E-state index in [0.29, 0.717) is 10.7 Å². The van der Waals surface area contributed by atoms with Crippen LogP contribution in [0.4, 0.5) is 5.82 Å². The molecule has 0 radical (unpaired) electrons. The Morgan fingerprint density at radius 2 is 2.28 bits per heavy atom. The van der Waals surface area contributed by atoms with Crippen molar-refractivity contribution in [3.05, 3.63) is 39.0 Å². The first kappa shape index (κ1) is 18.7. The number of nitro groups is 1. The summed E-state index contributed by atoms with van der Waals surface area (Å²) in [5.41, 5.74) is 0.504. The summed E-state index contributed by atoms with van der Waals surface area (Å²) in [6.07, 6.45) is 1.26. The molecule has 134 valence electrons. The number of amides is 1. The predicted octanol–water partition coefficient (Wildman–Crippen LogP) is 1.66. The zero-order valence-electron chi connectivity index (χ0n) is 13.8. The lowest BCUT2D eigenvalue weighted by Crippen LogP contribution is -2.29. The molecular formula is C15H17N3O6S. The van der Waals surface area contributed by atoms with E-state index in [4.69, 9.17) is 9.47 Å². The lowest BCUT2D eigenvalue weighted by atomic mass is 10.3. The monoisotopic (exact) mass is 367 g/mol. The van der Waals surface area contributed by atoms with Crippen LogP contribution in [-0.2, 0) is 14.3 Å². The van der Waals surface area contributed by atoms with Crippen molar-refractivity contribution in [1.82, 2.24) is 9.88 Å². The number of thioether (sulfide) groups is 1. The normalized spacial score (nSPS) is 15.5. The van der Waals surface area contributed by atoms with Gasteiger partial charge in [-0.3, -0.25) is 4.79 Å². The quantitative estimate of drug-likeness (QED) is 0.309. The van der Waals surface area contributed by atoms with E-state index in [2.05, 4.69) is 4.98 Å². The smallest absolute Gasteiger partial charge is 0.406 e. The van der Waals surface area contributed by atoms with Crippen molar-refractivity contribution < 1.29 is 24.0 Å². The van der Waals surface area contributed by atoms with E-state index in [1.807, 2.05) is 0 Å². The lowest BCUT2D eigenvalue weighted by Gasteiger charge is -2.17. The van der Waals surface area contributed by atoms with Gasteiger partial charge < -0.3 is 24.5 Å². The number of hydrogen-bond acceptors (Lipinski definition) is 8. The number of aromatic nitrogens is 1. The van der Waals surface area contributed by atoms with Gasteiger partial charge in [-0.05, 0) is 29.0 Å². The Bertz CT molecular complexity index is 721. The van der Waals surface area contributed by atoms with E-state index in [-0.39, 0.29) is 43.0 Å². The highest BCUT2D eigenvalue weighted by molar-refractivity contribution is 8.04. The molecule has 0 saturated carbocycles. The molecule has 1 saturated heterocycles. The summed E-state index contributed by atoms with van der Waals surface area (Å²) in [4.78, 5) is 39.1. The van der Waals surface area contributed by atoms with Gasteiger partial charge in [-0.25, -0.2) is 4.79 Å². The molecule has 25 heavy (non-hydrogen) atoms. The molecule has 1 amide bonds. The minimum atomic E-state index is -0.620. The Morgan fingerprint density at radius 1 is 1.52 bits per heavy atom. The van der Waals surface area contributed by atoms with Crippen molar-refractivity contribution in [3.63, 3.8) is 0 Å². The molecule has 1 aromatic heterocycles. The fourth-order valence-corrected chi connectivity index (χ4v) is 3.03. The number of pyridine rings is 1. The van der Waals surface area contributed by atoms with E-state index in [9.17, 15) is 19.7 Å². The zero-order chi connectivity index (χ0) is 18.4. The van der Waals surface area contributed by atoms with Crippen LogP contribution in [0.5, 0.6) is 5.75 Å². The molecule has 2 rings (SSSR count). The van der Waals surface area contributed by atoms with E-state index in [1.54, 1.807) is 19.9 Å². The first-order chi connectivity index (χ1) is 11.9. The molecule has 2 heterocycles. The molecule has 1 aliphatic heterocycles. The Hall–Kier alpha value is -2.62. The number of ether oxygens (including phenoxy) is 2. The second-order valence-electron chi connectivity index (χ2n) is 4.95. The van der Waals surface area contributed by atoms with Crippen molar-refractivity contribution >= 4 is 29.5 Å². The molecule has 0 unspecified atom stereocenters. The highest BCUT2D eigenvalue weighted by Gasteiger charge is 2.27. The van der Waals surface area contributed by atoms with Gasteiger partial charge in [-0.15, -0.1) is 0 Å². The van der Waals surface area contributed by atoms with E-state index in [1.165, 1.54) is 28.8 Å². The van der Waals surface area contributed by atoms with Crippen LogP contribution in [0.15, 0.2) is 23.2 Å². The van der Waals surface area contributed by atoms with Crippen LogP contribution in [0.2, 0.25) is 0 Å². The van der Waals surface area contributed by atoms with Gasteiger partial charge in [0.15, 0.2) is 0 Å². The predicted molar refractivity (Wildman–Crippen MR) is 90.0 cm³/mol. The molecule has 1 aliphatic rings. The maximum absolute atomic E-state index is 11.9. The number of esters is 1. The Labute approximate surface area is 148 Å². The van der Waals surface area contributed by atoms with Crippen LogP contribution in [0.1, 0.15) is 12.6 Å². The van der Waals surface area contributed by atoms with Gasteiger partial charge in [0.2, 0.25) is 11.7 Å². The van der Waals surface area contributed by atoms with Crippen LogP contribution in [-0.4, -0.2) is 52.2 Å². The Kier molecular flexibility index (Phi) is 6.34. The van der Waals surface area contributed by atoms with Crippen LogP contribution in [0, 0.1) is 17.0 Å². The van der Waals surface area contributed by atoms with Crippen molar-refractivity contribution in [2.24, 2.45) is 0 Å². The molecule has 1 fully saturated rings. The van der Waals surface area contributed by atoms with E-state index >= 15 is 0 Å². The third-order valence-corrected chi connectivity index (χ3v) is 4.19. The number of carbonyl (C=O) groups excluding carboxylic acids is 2. The number of rotatable bonds is 7. The topological polar surface area (TPSA) is 112 Å². The minimum Gasteiger partial charge on any atom is -0.484 e. The average Bonchev–Trinajstić information content (AvgIpc) is 2.89. The molecule has 10 heteroatoms. The van der Waals surface area contributed by atoms with Gasteiger partial charge in [0.25, 0.3) is 0 Å². The third kappa shape index (κ3) is 4.92. The first-order valence-corrected chi connectivity index (χ1v) is 8.47. The molecule has 0 aromatic carbocycles. The molecule has 0 atom stereocenters. The summed E-state index contributed by atoms with van der Waals surface area (Å²) in [7, 11) is 0. The largest absolute Gasteiger partial charge is 0.484 e. The molecule has 0 N–H and O–H groups in total. The SMILES string of the molecule is CCOC(=O)/C=C1\SCC(=O)N1CCOc1ccc(C)nc1[N+](=O)[O-]. The summed E-state index contributed by atoms with van der Waals surface area (Å²) in [6.45, 7) is 3.76. The fourth-order valence-electron chi connectivity index (χ4n) is 2.07. The molecule has 0 bridgehead atoms. The maximum atomic E-state index is 11.9. The highest BCUT2D eigenvalue weighted by Crippen LogP contribution is 2.29. The summed E-state index contributed by atoms with van der Waals surface area (Å²) in [5, 5.41) is 11.5. The van der Waals surface area contributed by atoms with Crippen molar-refractivity contribution in [1.29, 1.82) is 0 Å². The van der Waals surface area contributed by atoms with Crippen LogP contribution >= 0.6 is 11.8 Å². The number of nitrogens with zero attached hydrogens (tertiary/aromatic N) is 3. The van der Waals surface area contributed by atoms with Gasteiger partial charge in [0.05, 0.1) is 30.0 Å². The van der Waals surface area contributed by atoms with Crippen LogP contribution in [0.3, 0.4) is 0 Å².